The molecule has 0 unspecified atom stereocenters. The number of halogens is 1. The number of urea groups is 1. The van der Waals surface area contributed by atoms with Gasteiger partial charge in [0, 0.05) is 16.5 Å². The molecule has 1 aromatic carbocycles. The van der Waals surface area contributed by atoms with Crippen LogP contribution in [0.4, 0.5) is 4.79 Å². The van der Waals surface area contributed by atoms with Crippen molar-refractivity contribution in [2.75, 3.05) is 21.0 Å². The van der Waals surface area contributed by atoms with Gasteiger partial charge in [-0.3, -0.25) is 0 Å². The molecule has 1 aromatic rings. The molecule has 0 fully saturated rings. The molecule has 8 nitrogen and oxygen atoms in total. The van der Waals surface area contributed by atoms with Gasteiger partial charge >= 0.3 is 6.03 Å². The van der Waals surface area contributed by atoms with Crippen molar-refractivity contribution in [2.24, 2.45) is 10.8 Å². The summed E-state index contributed by atoms with van der Waals surface area (Å²) in [6.07, 6.45) is 1.87. The molecule has 1 aliphatic heterocycles. The molecular formula is C14H18ClN3O5. The summed E-state index contributed by atoms with van der Waals surface area (Å²) in [5.74, 6) is 1.78. The van der Waals surface area contributed by atoms with E-state index < -0.39 is 6.03 Å². The summed E-state index contributed by atoms with van der Waals surface area (Å²) in [4.78, 5) is 10.8. The molecule has 126 valence electrons. The fourth-order valence-corrected chi connectivity index (χ4v) is 2.49. The van der Waals surface area contributed by atoms with E-state index in [0.29, 0.717) is 35.0 Å². The fourth-order valence-electron chi connectivity index (χ4n) is 2.33. The lowest BCUT2D eigenvalue weighted by molar-refractivity contribution is 0.168. The predicted molar refractivity (Wildman–Crippen MR) is 85.0 cm³/mol. The number of amides is 2. The second kappa shape index (κ2) is 7.28. The third-order valence-corrected chi connectivity index (χ3v) is 3.29. The van der Waals surface area contributed by atoms with Crippen molar-refractivity contribution in [1.29, 1.82) is 0 Å². The van der Waals surface area contributed by atoms with Crippen LogP contribution in [0.5, 0.6) is 23.0 Å². The van der Waals surface area contributed by atoms with Crippen molar-refractivity contribution in [2.45, 2.75) is 18.7 Å². The lowest BCUT2D eigenvalue weighted by Crippen LogP contribution is -2.24. The first-order valence-corrected chi connectivity index (χ1v) is 7.22. The maximum absolute atomic E-state index is 10.8. The number of ether oxygens (including phenoxy) is 4. The average molecular weight is 344 g/mol. The lowest BCUT2D eigenvalue weighted by atomic mass is 9.99. The normalized spacial score (nSPS) is 13.9. The van der Waals surface area contributed by atoms with Gasteiger partial charge in [0.2, 0.25) is 18.3 Å². The Morgan fingerprint density at radius 3 is 2.52 bits per heavy atom. The first kappa shape index (κ1) is 17.0. The number of rotatable bonds is 6. The van der Waals surface area contributed by atoms with Crippen LogP contribution in [-0.4, -0.2) is 38.6 Å². The van der Waals surface area contributed by atoms with Crippen LogP contribution in [-0.2, 0) is 6.42 Å². The van der Waals surface area contributed by atoms with Gasteiger partial charge in [-0.25, -0.2) is 10.2 Å². The summed E-state index contributed by atoms with van der Waals surface area (Å²) in [7, 11) is 3.02. The van der Waals surface area contributed by atoms with Gasteiger partial charge in [0.1, 0.15) is 0 Å². The van der Waals surface area contributed by atoms with Gasteiger partial charge in [-0.1, -0.05) is 0 Å². The van der Waals surface area contributed by atoms with E-state index in [2.05, 4.69) is 10.5 Å². The summed E-state index contributed by atoms with van der Waals surface area (Å²) < 4.78 is 21.8. The minimum atomic E-state index is -0.778. The number of benzene rings is 1. The topological polar surface area (TPSA) is 104 Å². The van der Waals surface area contributed by atoms with Crippen LogP contribution in [0.15, 0.2) is 5.10 Å². The minimum absolute atomic E-state index is 0.0536. The van der Waals surface area contributed by atoms with E-state index in [4.69, 9.17) is 36.3 Å². The fraction of sp³-hybridized carbons (Fsp3) is 0.429. The van der Waals surface area contributed by atoms with E-state index >= 15 is 0 Å². The first-order chi connectivity index (χ1) is 11.0. The molecule has 0 saturated heterocycles. The smallest absolute Gasteiger partial charge is 0.332 e. The minimum Gasteiger partial charge on any atom is -0.492 e. The van der Waals surface area contributed by atoms with E-state index in [1.807, 2.05) is 6.92 Å². The Morgan fingerprint density at radius 2 is 2.00 bits per heavy atom. The maximum atomic E-state index is 10.8. The van der Waals surface area contributed by atoms with Gasteiger partial charge in [0.15, 0.2) is 11.5 Å². The molecule has 2 rings (SSSR count). The number of nitrogens with two attached hydrogens (primary N) is 1. The predicted octanol–water partition coefficient (Wildman–Crippen LogP) is 1.60. The second-order valence-electron chi connectivity index (χ2n) is 4.74. The summed E-state index contributed by atoms with van der Waals surface area (Å²) in [5.41, 5.74) is 8.44. The average Bonchev–Trinajstić information content (AvgIpc) is 2.95. The van der Waals surface area contributed by atoms with Gasteiger partial charge in [-0.15, -0.1) is 11.6 Å². The van der Waals surface area contributed by atoms with Crippen molar-refractivity contribution in [3.05, 3.63) is 11.1 Å². The van der Waals surface area contributed by atoms with E-state index in [-0.39, 0.29) is 12.2 Å². The number of hydrazone groups is 1. The number of alkyl halides is 1. The van der Waals surface area contributed by atoms with Crippen LogP contribution >= 0.6 is 11.6 Å². The molecule has 0 radical (unpaired) electrons. The van der Waals surface area contributed by atoms with E-state index in [0.717, 1.165) is 5.56 Å². The number of primary amides is 1. The molecule has 1 heterocycles. The number of methoxy groups -OCH3 is 2. The van der Waals surface area contributed by atoms with Crippen LogP contribution < -0.4 is 30.1 Å². The zero-order valence-corrected chi connectivity index (χ0v) is 13.8. The number of hydrogen-bond donors (Lipinski definition) is 2. The highest BCUT2D eigenvalue weighted by molar-refractivity contribution is 6.20. The Bertz CT molecular complexity index is 634. The molecule has 0 saturated carbocycles. The number of hydrogen-bond acceptors (Lipinski definition) is 6. The zero-order valence-electron chi connectivity index (χ0n) is 13.0. The van der Waals surface area contributed by atoms with E-state index in [1.165, 1.54) is 20.4 Å². The first-order valence-electron chi connectivity index (χ1n) is 6.78. The number of nitrogens with one attached hydrogen (secondary N) is 1. The van der Waals surface area contributed by atoms with Gasteiger partial charge in [-0.05, 0) is 13.3 Å². The third-order valence-electron chi connectivity index (χ3n) is 3.13. The molecule has 9 heteroatoms. The zero-order chi connectivity index (χ0) is 17.0. The third kappa shape index (κ3) is 3.53. The quantitative estimate of drug-likeness (QED) is 0.464. The Balaban J connectivity index is 2.63. The van der Waals surface area contributed by atoms with Gasteiger partial charge in [0.05, 0.1) is 20.4 Å². The van der Waals surface area contributed by atoms with E-state index in [9.17, 15) is 4.79 Å². The molecule has 0 spiro atoms. The SMILES string of the molecule is COc1c(/C=N\NC(N)=O)c(C[C@H](C)Cl)c(OC)c2c1OCO2. The number of carbonyl (C=O) groups excluding carboxylic acids is 1. The van der Waals surface area contributed by atoms with Crippen LogP contribution in [0.3, 0.4) is 0 Å². The molecule has 1 atom stereocenters. The summed E-state index contributed by atoms with van der Waals surface area (Å²) in [5, 5.41) is 3.62. The van der Waals surface area contributed by atoms with Crippen LogP contribution in [0, 0.1) is 0 Å². The summed E-state index contributed by atoms with van der Waals surface area (Å²) in [6, 6.07) is -0.778. The Kier molecular flexibility index (Phi) is 5.38. The Labute approximate surface area is 138 Å². The largest absolute Gasteiger partial charge is 0.492 e. The van der Waals surface area contributed by atoms with Gasteiger partial charge in [-0.2, -0.15) is 5.10 Å². The number of nitrogens with zero attached hydrogens (tertiary/aromatic N) is 1. The Morgan fingerprint density at radius 1 is 1.39 bits per heavy atom. The van der Waals surface area contributed by atoms with Crippen molar-refractivity contribution in [3.8, 4) is 23.0 Å². The maximum Gasteiger partial charge on any atom is 0.332 e. The lowest BCUT2D eigenvalue weighted by Gasteiger charge is -2.18. The van der Waals surface area contributed by atoms with Crippen LogP contribution in [0.1, 0.15) is 18.1 Å². The second-order valence-corrected chi connectivity index (χ2v) is 5.49. The van der Waals surface area contributed by atoms with Gasteiger partial charge < -0.3 is 24.7 Å². The standard InChI is InChI=1S/C14H18ClN3O5/c1-7(15)4-8-9(5-17-18-14(16)19)11(21-3)13-12(10(8)20-2)22-6-23-13/h5,7H,4,6H2,1-3H3,(H3,16,18,19)/b17-5-/t7-/m0/s1. The molecular weight excluding hydrogens is 326 g/mol. The van der Waals surface area contributed by atoms with Crippen molar-refractivity contribution < 1.29 is 23.7 Å². The number of carbonyl (C=O) groups is 1. The number of fused-ring (bicyclic) bond motifs is 1. The van der Waals surface area contributed by atoms with Crippen LogP contribution in [0.2, 0.25) is 0 Å². The van der Waals surface area contributed by atoms with Crippen molar-refractivity contribution in [3.63, 3.8) is 0 Å². The summed E-state index contributed by atoms with van der Waals surface area (Å²) in [6.45, 7) is 1.90. The van der Waals surface area contributed by atoms with Crippen LogP contribution in [0.25, 0.3) is 0 Å². The highest BCUT2D eigenvalue weighted by Gasteiger charge is 2.31. The molecule has 23 heavy (non-hydrogen) atoms. The monoisotopic (exact) mass is 343 g/mol. The summed E-state index contributed by atoms with van der Waals surface area (Å²) >= 11 is 6.14. The molecule has 2 amide bonds. The Hall–Kier alpha value is -2.35. The van der Waals surface area contributed by atoms with Gasteiger partial charge in [0.25, 0.3) is 0 Å². The molecule has 3 N–H and O–H groups in total. The highest BCUT2D eigenvalue weighted by atomic mass is 35.5. The molecule has 0 aliphatic carbocycles. The van der Waals surface area contributed by atoms with E-state index in [1.54, 1.807) is 0 Å². The molecule has 1 aliphatic rings. The van der Waals surface area contributed by atoms with Crippen molar-refractivity contribution >= 4 is 23.8 Å². The highest BCUT2D eigenvalue weighted by Crippen LogP contribution is 2.52. The molecule has 0 bridgehead atoms. The molecule has 0 aromatic heterocycles. The van der Waals surface area contributed by atoms with Crippen molar-refractivity contribution in [1.82, 2.24) is 5.43 Å².